The van der Waals surface area contributed by atoms with Gasteiger partial charge in [-0.2, -0.15) is 0 Å². The van der Waals surface area contributed by atoms with Gasteiger partial charge in [-0.3, -0.25) is 9.10 Å². The van der Waals surface area contributed by atoms with Crippen LogP contribution in [0.4, 0.5) is 15.8 Å². The van der Waals surface area contributed by atoms with Gasteiger partial charge in [0.15, 0.2) is 0 Å². The first-order chi connectivity index (χ1) is 11.8. The van der Waals surface area contributed by atoms with Crippen LogP contribution in [0.2, 0.25) is 5.02 Å². The normalized spacial score (nSPS) is 11.2. The Labute approximate surface area is 151 Å². The van der Waals surface area contributed by atoms with Crippen LogP contribution in [0, 0.1) is 5.82 Å². The molecule has 1 N–H and O–H groups in total. The molecule has 134 valence electrons. The van der Waals surface area contributed by atoms with E-state index in [4.69, 9.17) is 11.6 Å². The number of hydrogen-bond donors (Lipinski definition) is 1. The number of halogens is 2. The van der Waals surface area contributed by atoms with E-state index in [9.17, 15) is 17.6 Å². The number of anilines is 2. The number of carbonyl (C=O) groups is 1. The lowest BCUT2D eigenvalue weighted by atomic mass is 10.2. The number of hydrogen-bond acceptors (Lipinski definition) is 3. The van der Waals surface area contributed by atoms with E-state index in [0.29, 0.717) is 17.8 Å². The largest absolute Gasteiger partial charge is 0.326 e. The molecule has 0 atom stereocenters. The monoisotopic (exact) mass is 384 g/mol. The summed E-state index contributed by atoms with van der Waals surface area (Å²) >= 11 is 5.66. The third-order valence-electron chi connectivity index (χ3n) is 3.41. The van der Waals surface area contributed by atoms with Gasteiger partial charge in [0.25, 0.3) is 0 Å². The Morgan fingerprint density at radius 3 is 2.48 bits per heavy atom. The maximum absolute atomic E-state index is 13.1. The number of nitrogens with one attached hydrogen (secondary N) is 1. The number of para-hydroxylation sites is 1. The van der Waals surface area contributed by atoms with Crippen molar-refractivity contribution in [1.29, 1.82) is 0 Å². The molecular formula is C17H18ClFN2O3S. The summed E-state index contributed by atoms with van der Waals surface area (Å²) in [6, 6.07) is 12.6. The molecule has 0 spiro atoms. The summed E-state index contributed by atoms with van der Waals surface area (Å²) < 4.78 is 38.2. The van der Waals surface area contributed by atoms with Crippen LogP contribution in [0.25, 0.3) is 0 Å². The van der Waals surface area contributed by atoms with E-state index in [2.05, 4.69) is 5.32 Å². The van der Waals surface area contributed by atoms with Crippen molar-refractivity contribution >= 4 is 38.9 Å². The van der Waals surface area contributed by atoms with Crippen LogP contribution >= 0.6 is 11.6 Å². The Morgan fingerprint density at radius 1 is 1.20 bits per heavy atom. The maximum atomic E-state index is 13.1. The van der Waals surface area contributed by atoms with Gasteiger partial charge >= 0.3 is 0 Å². The zero-order chi connectivity index (χ0) is 18.4. The molecule has 0 aliphatic rings. The van der Waals surface area contributed by atoms with Gasteiger partial charge in [-0.05, 0) is 36.8 Å². The Bertz CT molecular complexity index is 844. The molecular weight excluding hydrogens is 367 g/mol. The van der Waals surface area contributed by atoms with Gasteiger partial charge in [-0.1, -0.05) is 29.8 Å². The Balaban J connectivity index is 1.93. The van der Waals surface area contributed by atoms with E-state index >= 15 is 0 Å². The van der Waals surface area contributed by atoms with Crippen LogP contribution < -0.4 is 9.62 Å². The predicted molar refractivity (Wildman–Crippen MR) is 97.9 cm³/mol. The molecule has 2 rings (SSSR count). The standard InChI is InChI=1S/C17H18ClFN2O3S/c1-25(23,24)21(14-6-3-2-4-7-14)11-5-8-17(22)20-13-9-10-16(19)15(18)12-13/h2-4,6-7,9-10,12H,5,8,11H2,1H3,(H,20,22). The van der Waals surface area contributed by atoms with E-state index in [-0.39, 0.29) is 23.9 Å². The van der Waals surface area contributed by atoms with E-state index in [1.54, 1.807) is 30.3 Å². The van der Waals surface area contributed by atoms with Crippen molar-refractivity contribution in [2.75, 3.05) is 22.4 Å². The fraction of sp³-hybridized carbons (Fsp3) is 0.235. The average Bonchev–Trinajstić information content (AvgIpc) is 2.55. The van der Waals surface area contributed by atoms with Crippen LogP contribution in [-0.2, 0) is 14.8 Å². The van der Waals surface area contributed by atoms with Crippen molar-refractivity contribution in [1.82, 2.24) is 0 Å². The second-order valence-electron chi connectivity index (χ2n) is 5.45. The summed E-state index contributed by atoms with van der Waals surface area (Å²) in [5.41, 5.74) is 0.940. The van der Waals surface area contributed by atoms with Gasteiger partial charge in [0.05, 0.1) is 17.0 Å². The maximum Gasteiger partial charge on any atom is 0.232 e. The number of sulfonamides is 1. The quantitative estimate of drug-likeness (QED) is 0.792. The number of nitrogens with zero attached hydrogens (tertiary/aromatic N) is 1. The van der Waals surface area contributed by atoms with E-state index in [0.717, 1.165) is 6.26 Å². The van der Waals surface area contributed by atoms with Crippen LogP contribution in [0.1, 0.15) is 12.8 Å². The second kappa shape index (κ2) is 8.31. The number of rotatable bonds is 7. The molecule has 0 heterocycles. The molecule has 0 saturated heterocycles. The molecule has 0 aliphatic heterocycles. The summed E-state index contributed by atoms with van der Waals surface area (Å²) in [5.74, 6) is -0.865. The highest BCUT2D eigenvalue weighted by Crippen LogP contribution is 2.20. The first kappa shape index (κ1) is 19.2. The summed E-state index contributed by atoms with van der Waals surface area (Å²) in [5, 5.41) is 2.53. The molecule has 0 aliphatic carbocycles. The van der Waals surface area contributed by atoms with E-state index in [1.165, 1.54) is 22.5 Å². The minimum atomic E-state index is -3.44. The highest BCUT2D eigenvalue weighted by molar-refractivity contribution is 7.92. The molecule has 1 amide bonds. The Hall–Kier alpha value is -2.12. The van der Waals surface area contributed by atoms with Crippen LogP contribution in [0.15, 0.2) is 48.5 Å². The van der Waals surface area contributed by atoms with Crippen LogP contribution in [-0.4, -0.2) is 27.1 Å². The molecule has 0 radical (unpaired) electrons. The molecule has 0 aromatic heterocycles. The third kappa shape index (κ3) is 5.72. The number of benzene rings is 2. The summed E-state index contributed by atoms with van der Waals surface area (Å²) in [4.78, 5) is 12.0. The lowest BCUT2D eigenvalue weighted by Gasteiger charge is -2.22. The lowest BCUT2D eigenvalue weighted by Crippen LogP contribution is -2.31. The average molecular weight is 385 g/mol. The molecule has 0 fully saturated rings. The van der Waals surface area contributed by atoms with Crippen LogP contribution in [0.3, 0.4) is 0 Å². The van der Waals surface area contributed by atoms with Gasteiger partial charge in [-0.25, -0.2) is 12.8 Å². The first-order valence-electron chi connectivity index (χ1n) is 7.55. The van der Waals surface area contributed by atoms with Gasteiger partial charge < -0.3 is 5.32 Å². The molecule has 0 unspecified atom stereocenters. The molecule has 2 aromatic rings. The Morgan fingerprint density at radius 2 is 1.88 bits per heavy atom. The van der Waals surface area contributed by atoms with Crippen molar-refractivity contribution in [2.24, 2.45) is 0 Å². The van der Waals surface area contributed by atoms with E-state index < -0.39 is 15.8 Å². The minimum absolute atomic E-state index is 0.0786. The van der Waals surface area contributed by atoms with Gasteiger partial charge in [0.1, 0.15) is 5.82 Å². The molecule has 0 bridgehead atoms. The summed E-state index contributed by atoms with van der Waals surface area (Å²) in [6.07, 6.45) is 1.58. The topological polar surface area (TPSA) is 66.5 Å². The molecule has 0 saturated carbocycles. The smallest absolute Gasteiger partial charge is 0.232 e. The van der Waals surface area contributed by atoms with Gasteiger partial charge in [0, 0.05) is 18.7 Å². The van der Waals surface area contributed by atoms with Crippen molar-refractivity contribution in [3.63, 3.8) is 0 Å². The summed E-state index contributed by atoms with van der Waals surface area (Å²) in [6.45, 7) is 0.181. The van der Waals surface area contributed by atoms with Crippen molar-refractivity contribution in [3.8, 4) is 0 Å². The van der Waals surface area contributed by atoms with Crippen molar-refractivity contribution in [3.05, 3.63) is 59.4 Å². The Kier molecular flexibility index (Phi) is 6.39. The number of amides is 1. The minimum Gasteiger partial charge on any atom is -0.326 e. The van der Waals surface area contributed by atoms with Crippen molar-refractivity contribution in [2.45, 2.75) is 12.8 Å². The molecule has 5 nitrogen and oxygen atoms in total. The second-order valence-corrected chi connectivity index (χ2v) is 7.77. The predicted octanol–water partition coefficient (Wildman–Crippen LogP) is 3.66. The van der Waals surface area contributed by atoms with Crippen LogP contribution in [0.5, 0.6) is 0 Å². The molecule has 25 heavy (non-hydrogen) atoms. The fourth-order valence-electron chi connectivity index (χ4n) is 2.26. The van der Waals surface area contributed by atoms with Gasteiger partial charge in [0.2, 0.25) is 15.9 Å². The number of carbonyl (C=O) groups excluding carboxylic acids is 1. The zero-order valence-corrected chi connectivity index (χ0v) is 15.1. The highest BCUT2D eigenvalue weighted by Gasteiger charge is 2.17. The highest BCUT2D eigenvalue weighted by atomic mass is 35.5. The van der Waals surface area contributed by atoms with E-state index in [1.807, 2.05) is 0 Å². The fourth-order valence-corrected chi connectivity index (χ4v) is 3.41. The van der Waals surface area contributed by atoms with Gasteiger partial charge in [-0.15, -0.1) is 0 Å². The first-order valence-corrected chi connectivity index (χ1v) is 9.77. The SMILES string of the molecule is CS(=O)(=O)N(CCCC(=O)Nc1ccc(F)c(Cl)c1)c1ccccc1. The summed E-state index contributed by atoms with van der Waals surface area (Å²) in [7, 11) is -3.44. The third-order valence-corrected chi connectivity index (χ3v) is 4.90. The van der Waals surface area contributed by atoms with Crippen molar-refractivity contribution < 1.29 is 17.6 Å². The zero-order valence-electron chi connectivity index (χ0n) is 13.6. The molecule has 2 aromatic carbocycles. The lowest BCUT2D eigenvalue weighted by molar-refractivity contribution is -0.116. The molecule has 8 heteroatoms.